The van der Waals surface area contributed by atoms with E-state index in [1.54, 1.807) is 12.1 Å². The molecule has 0 aliphatic heterocycles. The van der Waals surface area contributed by atoms with Crippen LogP contribution >= 0.6 is 0 Å². The number of fused-ring (bicyclic) bond motifs is 1. The lowest BCUT2D eigenvalue weighted by Gasteiger charge is -2.12. The van der Waals surface area contributed by atoms with Crippen molar-refractivity contribution < 1.29 is 19.0 Å². The SMILES string of the molecule is [B]c1c(OC)ccc2c(OC)cc(C(=O)OC)nc12. The summed E-state index contributed by atoms with van der Waals surface area (Å²) in [5.74, 6) is 0.436. The molecule has 0 aliphatic carbocycles. The first-order chi connectivity index (χ1) is 9.12. The van der Waals surface area contributed by atoms with Crippen LogP contribution in [0.15, 0.2) is 18.2 Å². The van der Waals surface area contributed by atoms with E-state index >= 15 is 0 Å². The van der Waals surface area contributed by atoms with Crippen molar-refractivity contribution in [2.24, 2.45) is 0 Å². The van der Waals surface area contributed by atoms with Crippen molar-refractivity contribution in [1.29, 1.82) is 0 Å². The van der Waals surface area contributed by atoms with Gasteiger partial charge in [0.1, 0.15) is 19.3 Å². The Balaban J connectivity index is 2.78. The quantitative estimate of drug-likeness (QED) is 0.602. The number of esters is 1. The normalized spacial score (nSPS) is 10.3. The van der Waals surface area contributed by atoms with Crippen molar-refractivity contribution in [2.45, 2.75) is 0 Å². The van der Waals surface area contributed by atoms with E-state index in [1.165, 1.54) is 27.4 Å². The first-order valence-corrected chi connectivity index (χ1v) is 5.52. The van der Waals surface area contributed by atoms with E-state index in [0.717, 1.165) is 0 Å². The zero-order valence-electron chi connectivity index (χ0n) is 10.9. The number of aromatic nitrogens is 1. The molecule has 0 aliphatic rings. The molecule has 0 amide bonds. The Morgan fingerprint density at radius 1 is 1.16 bits per heavy atom. The number of benzene rings is 1. The van der Waals surface area contributed by atoms with Crippen LogP contribution in [0.2, 0.25) is 0 Å². The lowest BCUT2D eigenvalue weighted by Crippen LogP contribution is -2.13. The van der Waals surface area contributed by atoms with E-state index in [2.05, 4.69) is 9.72 Å². The molecule has 2 aromatic rings. The van der Waals surface area contributed by atoms with Gasteiger partial charge in [0.25, 0.3) is 0 Å². The third kappa shape index (κ3) is 2.21. The highest BCUT2D eigenvalue weighted by atomic mass is 16.5. The number of ether oxygens (including phenoxy) is 3. The molecular formula is C13H12BNO4. The second kappa shape index (κ2) is 5.18. The topological polar surface area (TPSA) is 57.7 Å². The number of carbonyl (C=O) groups is 1. The van der Waals surface area contributed by atoms with Gasteiger partial charge in [-0.1, -0.05) is 0 Å². The summed E-state index contributed by atoms with van der Waals surface area (Å²) in [5, 5.41) is 0.702. The monoisotopic (exact) mass is 257 g/mol. The Labute approximate surface area is 111 Å². The number of nitrogens with zero attached hydrogens (tertiary/aromatic N) is 1. The van der Waals surface area contributed by atoms with Gasteiger partial charge in [0, 0.05) is 11.5 Å². The molecule has 0 saturated carbocycles. The fraction of sp³-hybridized carbons (Fsp3) is 0.231. The molecule has 1 aromatic heterocycles. The lowest BCUT2D eigenvalue weighted by molar-refractivity contribution is 0.0594. The highest BCUT2D eigenvalue weighted by molar-refractivity contribution is 6.40. The first-order valence-electron chi connectivity index (χ1n) is 5.52. The largest absolute Gasteiger partial charge is 0.497 e. The summed E-state index contributed by atoms with van der Waals surface area (Å²) in [6, 6.07) is 5.01. The maximum absolute atomic E-state index is 11.6. The van der Waals surface area contributed by atoms with Crippen LogP contribution in [-0.4, -0.2) is 40.1 Å². The van der Waals surface area contributed by atoms with Gasteiger partial charge in [0.15, 0.2) is 5.69 Å². The summed E-state index contributed by atoms with van der Waals surface area (Å²) < 4.78 is 15.0. The summed E-state index contributed by atoms with van der Waals surface area (Å²) in [6.45, 7) is 0. The second-order valence-corrected chi connectivity index (χ2v) is 3.78. The van der Waals surface area contributed by atoms with Gasteiger partial charge in [-0.25, -0.2) is 9.78 Å². The highest BCUT2D eigenvalue weighted by Gasteiger charge is 2.15. The summed E-state index contributed by atoms with van der Waals surface area (Å²) in [4.78, 5) is 15.8. The summed E-state index contributed by atoms with van der Waals surface area (Å²) >= 11 is 0. The van der Waals surface area contributed by atoms with Gasteiger partial charge in [-0.3, -0.25) is 0 Å². The van der Waals surface area contributed by atoms with E-state index in [4.69, 9.17) is 17.3 Å². The molecule has 5 nitrogen and oxygen atoms in total. The van der Waals surface area contributed by atoms with E-state index in [9.17, 15) is 4.79 Å². The standard InChI is InChI=1S/C13H12BNO4/c1-17-9-5-4-7-10(18-2)6-8(13(16)19-3)15-12(7)11(9)14/h4-6H,1-3H3. The molecule has 19 heavy (non-hydrogen) atoms. The Morgan fingerprint density at radius 2 is 1.84 bits per heavy atom. The molecular weight excluding hydrogens is 245 g/mol. The van der Waals surface area contributed by atoms with Crippen molar-refractivity contribution in [1.82, 2.24) is 4.98 Å². The van der Waals surface area contributed by atoms with Crippen LogP contribution in [0.1, 0.15) is 10.5 Å². The van der Waals surface area contributed by atoms with Gasteiger partial charge in [-0.05, 0) is 17.6 Å². The highest BCUT2D eigenvalue weighted by Crippen LogP contribution is 2.26. The summed E-state index contributed by atoms with van der Waals surface area (Å²) in [5.41, 5.74) is 0.926. The third-order valence-electron chi connectivity index (χ3n) is 2.78. The molecule has 6 heteroatoms. The zero-order chi connectivity index (χ0) is 14.0. The molecule has 0 atom stereocenters. The van der Waals surface area contributed by atoms with Gasteiger partial charge in [0.2, 0.25) is 0 Å². The van der Waals surface area contributed by atoms with Crippen LogP contribution in [-0.2, 0) is 4.74 Å². The fourth-order valence-electron chi connectivity index (χ4n) is 1.82. The van der Waals surface area contributed by atoms with E-state index in [1.807, 2.05) is 0 Å². The minimum atomic E-state index is -0.553. The van der Waals surface area contributed by atoms with E-state index in [0.29, 0.717) is 27.9 Å². The minimum absolute atomic E-state index is 0.131. The van der Waals surface area contributed by atoms with Crippen LogP contribution in [0.25, 0.3) is 10.9 Å². The molecule has 0 bridgehead atoms. The predicted molar refractivity (Wildman–Crippen MR) is 71.6 cm³/mol. The van der Waals surface area contributed by atoms with Crippen LogP contribution < -0.4 is 14.9 Å². The molecule has 0 fully saturated rings. The van der Waals surface area contributed by atoms with Gasteiger partial charge in [-0.2, -0.15) is 0 Å². The fourth-order valence-corrected chi connectivity index (χ4v) is 1.82. The number of methoxy groups -OCH3 is 3. The van der Waals surface area contributed by atoms with Gasteiger partial charge in [0.05, 0.1) is 26.8 Å². The van der Waals surface area contributed by atoms with Crippen LogP contribution in [0.3, 0.4) is 0 Å². The maximum atomic E-state index is 11.6. The Morgan fingerprint density at radius 3 is 2.42 bits per heavy atom. The average molecular weight is 257 g/mol. The predicted octanol–water partition coefficient (Wildman–Crippen LogP) is 0.832. The van der Waals surface area contributed by atoms with Crippen molar-refractivity contribution in [3.05, 3.63) is 23.9 Å². The first kappa shape index (κ1) is 13.2. The third-order valence-corrected chi connectivity index (χ3v) is 2.78. The minimum Gasteiger partial charge on any atom is -0.497 e. The molecule has 0 saturated heterocycles. The van der Waals surface area contributed by atoms with Crippen molar-refractivity contribution >= 4 is 30.2 Å². The molecule has 2 rings (SSSR count). The Kier molecular flexibility index (Phi) is 3.60. The molecule has 0 spiro atoms. The van der Waals surface area contributed by atoms with E-state index < -0.39 is 5.97 Å². The number of hydrogen-bond acceptors (Lipinski definition) is 5. The summed E-state index contributed by atoms with van der Waals surface area (Å²) in [7, 11) is 10.3. The molecule has 0 N–H and O–H groups in total. The van der Waals surface area contributed by atoms with Gasteiger partial charge < -0.3 is 14.2 Å². The molecule has 0 unspecified atom stereocenters. The zero-order valence-corrected chi connectivity index (χ0v) is 10.9. The number of pyridine rings is 1. The van der Waals surface area contributed by atoms with Crippen LogP contribution in [0, 0.1) is 0 Å². The number of hydrogen-bond donors (Lipinski definition) is 0. The van der Waals surface area contributed by atoms with Crippen molar-refractivity contribution in [3.8, 4) is 11.5 Å². The van der Waals surface area contributed by atoms with E-state index in [-0.39, 0.29) is 5.69 Å². The summed E-state index contributed by atoms with van der Waals surface area (Å²) in [6.07, 6.45) is 0. The van der Waals surface area contributed by atoms with Crippen molar-refractivity contribution in [2.75, 3.05) is 21.3 Å². The molecule has 96 valence electrons. The molecule has 2 radical (unpaired) electrons. The molecule has 1 heterocycles. The second-order valence-electron chi connectivity index (χ2n) is 3.78. The smallest absolute Gasteiger partial charge is 0.356 e. The number of rotatable bonds is 3. The van der Waals surface area contributed by atoms with Crippen LogP contribution in [0.5, 0.6) is 11.5 Å². The Hall–Kier alpha value is -2.24. The van der Waals surface area contributed by atoms with Gasteiger partial charge >= 0.3 is 5.97 Å². The van der Waals surface area contributed by atoms with Gasteiger partial charge in [-0.15, -0.1) is 0 Å². The average Bonchev–Trinajstić information content (AvgIpc) is 2.46. The lowest BCUT2D eigenvalue weighted by atomic mass is 9.91. The maximum Gasteiger partial charge on any atom is 0.356 e. The molecule has 1 aromatic carbocycles. The Bertz CT molecular complexity index is 642. The van der Waals surface area contributed by atoms with Crippen LogP contribution in [0.4, 0.5) is 0 Å². The van der Waals surface area contributed by atoms with Crippen molar-refractivity contribution in [3.63, 3.8) is 0 Å². The number of carbonyl (C=O) groups excluding carboxylic acids is 1.